The van der Waals surface area contributed by atoms with E-state index in [2.05, 4.69) is 5.32 Å². The molecule has 0 saturated heterocycles. The number of nitrogens with zero attached hydrogens (tertiary/aromatic N) is 2. The molecule has 0 unspecified atom stereocenters. The minimum absolute atomic E-state index is 0.00472. The molecule has 0 fully saturated rings. The fraction of sp³-hybridized carbons (Fsp3) is 0.257. The van der Waals surface area contributed by atoms with Crippen LogP contribution in [0.1, 0.15) is 25.0 Å². The molecule has 1 atom stereocenters. The number of anilines is 1. The van der Waals surface area contributed by atoms with Crippen molar-refractivity contribution < 1.29 is 27.5 Å². The highest BCUT2D eigenvalue weighted by Gasteiger charge is 2.35. The Morgan fingerprint density at radius 1 is 0.826 bits per heavy atom. The number of methoxy groups -OCH3 is 2. The van der Waals surface area contributed by atoms with Gasteiger partial charge in [0.1, 0.15) is 24.1 Å². The van der Waals surface area contributed by atoms with Crippen molar-refractivity contribution in [2.24, 2.45) is 0 Å². The summed E-state index contributed by atoms with van der Waals surface area (Å²) in [4.78, 5) is 29.7. The first kappa shape index (κ1) is 34.3. The van der Waals surface area contributed by atoms with Gasteiger partial charge in [-0.05, 0) is 73.5 Å². The Morgan fingerprint density at radius 3 is 2.11 bits per heavy atom. The third kappa shape index (κ3) is 8.58. The SMILES string of the molecule is COc1ccc(S(=O)(=O)N(CC(=O)N(Cc2cccc(Cl)c2)[C@H](Cc2ccccc2)C(=O)NC(C)C)c2ccccc2OC)cc1. The van der Waals surface area contributed by atoms with Crippen molar-refractivity contribution >= 4 is 39.1 Å². The topological polar surface area (TPSA) is 105 Å². The van der Waals surface area contributed by atoms with Crippen LogP contribution in [0, 0.1) is 0 Å². The van der Waals surface area contributed by atoms with Gasteiger partial charge in [0.05, 0.1) is 24.8 Å². The van der Waals surface area contributed by atoms with Gasteiger partial charge < -0.3 is 19.7 Å². The van der Waals surface area contributed by atoms with Crippen LogP contribution >= 0.6 is 11.6 Å². The molecule has 9 nitrogen and oxygen atoms in total. The quantitative estimate of drug-likeness (QED) is 0.185. The molecule has 46 heavy (non-hydrogen) atoms. The van der Waals surface area contributed by atoms with Crippen molar-refractivity contribution in [3.05, 3.63) is 119 Å². The number of amides is 2. The summed E-state index contributed by atoms with van der Waals surface area (Å²) >= 11 is 6.30. The molecule has 0 saturated carbocycles. The van der Waals surface area contributed by atoms with E-state index in [1.54, 1.807) is 48.5 Å². The van der Waals surface area contributed by atoms with Crippen molar-refractivity contribution in [3.63, 3.8) is 0 Å². The fourth-order valence-corrected chi connectivity index (χ4v) is 6.63. The van der Waals surface area contributed by atoms with Gasteiger partial charge in [-0.3, -0.25) is 13.9 Å². The highest BCUT2D eigenvalue weighted by molar-refractivity contribution is 7.92. The number of carbonyl (C=O) groups is 2. The van der Waals surface area contributed by atoms with Crippen molar-refractivity contribution in [3.8, 4) is 11.5 Å². The lowest BCUT2D eigenvalue weighted by atomic mass is 10.0. The third-order valence-electron chi connectivity index (χ3n) is 7.22. The van der Waals surface area contributed by atoms with Crippen LogP contribution in [0.5, 0.6) is 11.5 Å². The number of hydrogen-bond donors (Lipinski definition) is 1. The zero-order chi connectivity index (χ0) is 33.3. The second-order valence-electron chi connectivity index (χ2n) is 10.9. The van der Waals surface area contributed by atoms with Crippen LogP contribution in [0.4, 0.5) is 5.69 Å². The van der Waals surface area contributed by atoms with E-state index < -0.39 is 28.5 Å². The molecule has 2 amide bonds. The molecule has 0 bridgehead atoms. The largest absolute Gasteiger partial charge is 0.497 e. The van der Waals surface area contributed by atoms with Crippen LogP contribution in [-0.4, -0.2) is 58.0 Å². The molecule has 0 radical (unpaired) electrons. The Labute approximate surface area is 275 Å². The number of carbonyl (C=O) groups excluding carboxylic acids is 2. The highest BCUT2D eigenvalue weighted by Crippen LogP contribution is 2.33. The van der Waals surface area contributed by atoms with E-state index in [0.29, 0.717) is 16.3 Å². The van der Waals surface area contributed by atoms with Gasteiger partial charge in [-0.1, -0.05) is 66.2 Å². The summed E-state index contributed by atoms with van der Waals surface area (Å²) in [5.41, 5.74) is 1.68. The van der Waals surface area contributed by atoms with Gasteiger partial charge in [0.25, 0.3) is 10.0 Å². The zero-order valence-corrected chi connectivity index (χ0v) is 27.8. The number of hydrogen-bond acceptors (Lipinski definition) is 6. The molecule has 0 aliphatic carbocycles. The normalized spacial score (nSPS) is 11.9. The molecule has 11 heteroatoms. The average Bonchev–Trinajstić information content (AvgIpc) is 3.05. The van der Waals surface area contributed by atoms with Gasteiger partial charge in [0.15, 0.2) is 0 Å². The van der Waals surface area contributed by atoms with Gasteiger partial charge in [-0.2, -0.15) is 0 Å². The number of para-hydroxylation sites is 2. The van der Waals surface area contributed by atoms with Crippen LogP contribution in [0.15, 0.2) is 108 Å². The molecular weight excluding hydrogens is 626 g/mol. The van der Waals surface area contributed by atoms with E-state index in [9.17, 15) is 18.0 Å². The summed E-state index contributed by atoms with van der Waals surface area (Å²) in [5.74, 6) is -0.225. The number of benzene rings is 4. The molecule has 0 aliphatic heterocycles. The molecule has 0 heterocycles. The van der Waals surface area contributed by atoms with E-state index in [0.717, 1.165) is 9.87 Å². The highest BCUT2D eigenvalue weighted by atomic mass is 35.5. The first-order valence-electron chi connectivity index (χ1n) is 14.7. The molecular formula is C35H38ClN3O6S. The standard InChI is InChI=1S/C35H38ClN3O6S/c1-25(2)37-35(41)32(22-26-11-6-5-7-12-26)38(23-27-13-10-14-28(36)21-27)34(40)24-39(31-15-8-9-16-33(31)45-4)46(42,43)30-19-17-29(44-3)18-20-30/h5-21,25,32H,22-24H2,1-4H3,(H,37,41)/t32-/m1/s1. The minimum Gasteiger partial charge on any atom is -0.497 e. The monoisotopic (exact) mass is 663 g/mol. The summed E-state index contributed by atoms with van der Waals surface area (Å²) < 4.78 is 40.3. The van der Waals surface area contributed by atoms with Crippen molar-refractivity contribution in [2.45, 2.75) is 43.8 Å². The number of nitrogens with one attached hydrogen (secondary N) is 1. The lowest BCUT2D eigenvalue weighted by Gasteiger charge is -2.34. The maximum atomic E-state index is 14.6. The molecule has 1 N–H and O–H groups in total. The fourth-order valence-electron chi connectivity index (χ4n) is 4.99. The summed E-state index contributed by atoms with van der Waals surface area (Å²) in [6.07, 6.45) is 0.200. The van der Waals surface area contributed by atoms with Gasteiger partial charge in [0.2, 0.25) is 11.8 Å². The predicted octanol–water partition coefficient (Wildman–Crippen LogP) is 5.72. The van der Waals surface area contributed by atoms with Crippen LogP contribution in [-0.2, 0) is 32.6 Å². The van der Waals surface area contributed by atoms with Crippen molar-refractivity contribution in [2.75, 3.05) is 25.1 Å². The zero-order valence-electron chi connectivity index (χ0n) is 26.2. The van der Waals surface area contributed by atoms with Gasteiger partial charge in [0, 0.05) is 24.0 Å². The molecule has 4 rings (SSSR count). The van der Waals surface area contributed by atoms with Gasteiger partial charge in [-0.15, -0.1) is 0 Å². The van der Waals surface area contributed by atoms with E-state index >= 15 is 0 Å². The number of sulfonamides is 1. The summed E-state index contributed by atoms with van der Waals surface area (Å²) in [7, 11) is -1.40. The van der Waals surface area contributed by atoms with Crippen molar-refractivity contribution in [1.29, 1.82) is 0 Å². The lowest BCUT2D eigenvalue weighted by Crippen LogP contribution is -2.54. The molecule has 4 aromatic carbocycles. The maximum Gasteiger partial charge on any atom is 0.264 e. The Kier molecular flexibility index (Phi) is 11.7. The predicted molar refractivity (Wildman–Crippen MR) is 180 cm³/mol. The average molecular weight is 664 g/mol. The van der Waals surface area contributed by atoms with Crippen LogP contribution < -0.4 is 19.1 Å². The second-order valence-corrected chi connectivity index (χ2v) is 13.2. The molecule has 242 valence electrons. The summed E-state index contributed by atoms with van der Waals surface area (Å²) in [6, 6.07) is 27.6. The Balaban J connectivity index is 1.83. The smallest absolute Gasteiger partial charge is 0.264 e. The maximum absolute atomic E-state index is 14.6. The Morgan fingerprint density at radius 2 is 1.48 bits per heavy atom. The Bertz CT molecular complexity index is 1730. The molecule has 0 aliphatic rings. The summed E-state index contributed by atoms with van der Waals surface area (Å²) in [6.45, 7) is 3.07. The van der Waals surface area contributed by atoms with E-state index in [1.165, 1.54) is 43.4 Å². The first-order valence-corrected chi connectivity index (χ1v) is 16.5. The number of halogens is 1. The summed E-state index contributed by atoms with van der Waals surface area (Å²) in [5, 5.41) is 3.41. The second kappa shape index (κ2) is 15.6. The van der Waals surface area contributed by atoms with Gasteiger partial charge in [-0.25, -0.2) is 8.42 Å². The number of ether oxygens (including phenoxy) is 2. The molecule has 4 aromatic rings. The first-order chi connectivity index (χ1) is 22.0. The lowest BCUT2D eigenvalue weighted by molar-refractivity contribution is -0.140. The van der Waals surface area contributed by atoms with E-state index in [4.69, 9.17) is 21.1 Å². The molecule has 0 aromatic heterocycles. The minimum atomic E-state index is -4.32. The Hall–Kier alpha value is -4.54. The van der Waals surface area contributed by atoms with Crippen LogP contribution in [0.25, 0.3) is 0 Å². The number of rotatable bonds is 14. The molecule has 0 spiro atoms. The van der Waals surface area contributed by atoms with E-state index in [1.807, 2.05) is 44.2 Å². The van der Waals surface area contributed by atoms with E-state index in [-0.39, 0.29) is 41.2 Å². The van der Waals surface area contributed by atoms with Crippen LogP contribution in [0.2, 0.25) is 5.02 Å². The van der Waals surface area contributed by atoms with Gasteiger partial charge >= 0.3 is 0 Å². The van der Waals surface area contributed by atoms with Crippen molar-refractivity contribution in [1.82, 2.24) is 10.2 Å². The van der Waals surface area contributed by atoms with Crippen LogP contribution in [0.3, 0.4) is 0 Å². The third-order valence-corrected chi connectivity index (χ3v) is 9.23.